The highest BCUT2D eigenvalue weighted by Gasteiger charge is 2.42. The normalized spacial score (nSPS) is 28.5. The van der Waals surface area contributed by atoms with Crippen LogP contribution in [0.4, 0.5) is 0 Å². The summed E-state index contributed by atoms with van der Waals surface area (Å²) in [5.41, 5.74) is 3.93. The summed E-state index contributed by atoms with van der Waals surface area (Å²) in [5, 5.41) is 0. The van der Waals surface area contributed by atoms with Gasteiger partial charge in [0.1, 0.15) is 0 Å². The second kappa shape index (κ2) is 4.31. The summed E-state index contributed by atoms with van der Waals surface area (Å²) in [6.07, 6.45) is 0. The van der Waals surface area contributed by atoms with Crippen molar-refractivity contribution in [1.29, 1.82) is 0 Å². The molecule has 0 saturated carbocycles. The number of fused-ring (bicyclic) bond motifs is 1. The number of benzene rings is 1. The van der Waals surface area contributed by atoms with Gasteiger partial charge in [-0.25, -0.2) is 8.42 Å². The Labute approximate surface area is 107 Å². The summed E-state index contributed by atoms with van der Waals surface area (Å²) in [4.78, 5) is 5.49. The molecule has 2 fully saturated rings. The minimum atomic E-state index is -3.36. The molecule has 0 aliphatic carbocycles. The van der Waals surface area contributed by atoms with E-state index >= 15 is 0 Å². The van der Waals surface area contributed by atoms with Crippen molar-refractivity contribution in [2.24, 2.45) is 5.92 Å². The Morgan fingerprint density at radius 2 is 2.00 bits per heavy atom. The lowest BCUT2D eigenvalue weighted by molar-refractivity contribution is 0.0782. The standard InChI is InChI=1S/C12H16N2O3S/c1-9-2-4-11(5-3-9)18(15,16)14-6-10-8-17-13-12(10)7-14/h2-5,10,12-13H,6-8H2,1H3/t10-,12-/m0/s1. The van der Waals surface area contributed by atoms with Crippen molar-refractivity contribution in [2.45, 2.75) is 17.9 Å². The number of sulfonamides is 1. The van der Waals surface area contributed by atoms with Crippen LogP contribution < -0.4 is 5.48 Å². The lowest BCUT2D eigenvalue weighted by Crippen LogP contribution is -2.33. The van der Waals surface area contributed by atoms with Gasteiger partial charge in [0.25, 0.3) is 0 Å². The number of nitrogens with one attached hydrogen (secondary N) is 1. The minimum Gasteiger partial charge on any atom is -0.301 e. The van der Waals surface area contributed by atoms with Gasteiger partial charge in [0.05, 0.1) is 17.5 Å². The minimum absolute atomic E-state index is 0.130. The average Bonchev–Trinajstić information content (AvgIpc) is 2.89. The van der Waals surface area contributed by atoms with Crippen molar-refractivity contribution in [3.8, 4) is 0 Å². The van der Waals surface area contributed by atoms with Crippen LogP contribution in [-0.2, 0) is 14.9 Å². The molecule has 2 atom stereocenters. The first-order valence-electron chi connectivity index (χ1n) is 6.01. The van der Waals surface area contributed by atoms with Crippen molar-refractivity contribution in [1.82, 2.24) is 9.79 Å². The lowest BCUT2D eigenvalue weighted by atomic mass is 10.1. The van der Waals surface area contributed by atoms with Gasteiger partial charge in [0.2, 0.25) is 10.0 Å². The molecular weight excluding hydrogens is 252 g/mol. The van der Waals surface area contributed by atoms with Crippen molar-refractivity contribution in [3.05, 3.63) is 29.8 Å². The first kappa shape index (κ1) is 12.1. The van der Waals surface area contributed by atoms with E-state index in [1.165, 1.54) is 0 Å². The Balaban J connectivity index is 1.85. The van der Waals surface area contributed by atoms with Crippen molar-refractivity contribution in [3.63, 3.8) is 0 Å². The van der Waals surface area contributed by atoms with Crippen LogP contribution >= 0.6 is 0 Å². The topological polar surface area (TPSA) is 58.6 Å². The maximum atomic E-state index is 12.4. The molecule has 1 N–H and O–H groups in total. The predicted molar refractivity (Wildman–Crippen MR) is 66.3 cm³/mol. The predicted octanol–water partition coefficient (Wildman–Crippen LogP) is 0.519. The zero-order chi connectivity index (χ0) is 12.8. The monoisotopic (exact) mass is 268 g/mol. The average molecular weight is 268 g/mol. The highest BCUT2D eigenvalue weighted by atomic mass is 32.2. The molecule has 2 aliphatic heterocycles. The van der Waals surface area contributed by atoms with E-state index in [0.29, 0.717) is 24.6 Å². The SMILES string of the molecule is Cc1ccc(S(=O)(=O)N2C[C@H]3CON[C@H]3C2)cc1. The van der Waals surface area contributed by atoms with Gasteiger partial charge < -0.3 is 4.84 Å². The number of hydrogen-bond donors (Lipinski definition) is 1. The fourth-order valence-corrected chi connectivity index (χ4v) is 3.97. The Morgan fingerprint density at radius 3 is 2.67 bits per heavy atom. The fraction of sp³-hybridized carbons (Fsp3) is 0.500. The first-order valence-corrected chi connectivity index (χ1v) is 7.45. The molecular formula is C12H16N2O3S. The first-order chi connectivity index (χ1) is 8.57. The fourth-order valence-electron chi connectivity index (χ4n) is 2.45. The summed E-state index contributed by atoms with van der Waals surface area (Å²) in [6, 6.07) is 7.12. The second-order valence-electron chi connectivity index (χ2n) is 4.93. The van der Waals surface area contributed by atoms with E-state index < -0.39 is 10.0 Å². The van der Waals surface area contributed by atoms with Crippen molar-refractivity contribution >= 4 is 10.0 Å². The summed E-state index contributed by atoms with van der Waals surface area (Å²) < 4.78 is 26.4. The van der Waals surface area contributed by atoms with Gasteiger partial charge in [-0.05, 0) is 19.1 Å². The molecule has 0 aromatic heterocycles. The van der Waals surface area contributed by atoms with Crippen LogP contribution in [0.2, 0.25) is 0 Å². The quantitative estimate of drug-likeness (QED) is 0.849. The second-order valence-corrected chi connectivity index (χ2v) is 6.87. The third kappa shape index (κ3) is 1.95. The van der Waals surface area contributed by atoms with E-state index in [4.69, 9.17) is 4.84 Å². The van der Waals surface area contributed by atoms with Gasteiger partial charge in [0.15, 0.2) is 0 Å². The van der Waals surface area contributed by atoms with Crippen LogP contribution in [0.25, 0.3) is 0 Å². The van der Waals surface area contributed by atoms with Crippen LogP contribution in [-0.4, -0.2) is 38.5 Å². The molecule has 2 saturated heterocycles. The maximum absolute atomic E-state index is 12.4. The Morgan fingerprint density at radius 1 is 1.28 bits per heavy atom. The molecule has 3 rings (SSSR count). The molecule has 1 aromatic carbocycles. The van der Waals surface area contributed by atoms with Crippen LogP contribution in [0.15, 0.2) is 29.2 Å². The molecule has 0 bridgehead atoms. The highest BCUT2D eigenvalue weighted by molar-refractivity contribution is 7.89. The van der Waals surface area contributed by atoms with Gasteiger partial charge in [-0.2, -0.15) is 9.79 Å². The Kier molecular flexibility index (Phi) is 2.90. The largest absolute Gasteiger partial charge is 0.301 e. The number of rotatable bonds is 2. The van der Waals surface area contributed by atoms with Gasteiger partial charge in [0, 0.05) is 19.0 Å². The zero-order valence-electron chi connectivity index (χ0n) is 10.2. The number of aryl methyl sites for hydroxylation is 1. The van der Waals surface area contributed by atoms with Crippen LogP contribution in [0.1, 0.15) is 5.56 Å². The van der Waals surface area contributed by atoms with Crippen molar-refractivity contribution < 1.29 is 13.3 Å². The Hall–Kier alpha value is -0.950. The number of nitrogens with zero attached hydrogens (tertiary/aromatic N) is 1. The summed E-state index contributed by atoms with van der Waals surface area (Å²) in [6.45, 7) is 3.55. The lowest BCUT2D eigenvalue weighted by Gasteiger charge is -2.17. The van der Waals surface area contributed by atoms with Crippen LogP contribution in [0.5, 0.6) is 0 Å². The zero-order valence-corrected chi connectivity index (χ0v) is 11.0. The van der Waals surface area contributed by atoms with Gasteiger partial charge >= 0.3 is 0 Å². The highest BCUT2D eigenvalue weighted by Crippen LogP contribution is 2.27. The van der Waals surface area contributed by atoms with Crippen LogP contribution in [0, 0.1) is 12.8 Å². The smallest absolute Gasteiger partial charge is 0.243 e. The molecule has 18 heavy (non-hydrogen) atoms. The van der Waals surface area contributed by atoms with E-state index in [9.17, 15) is 8.42 Å². The molecule has 5 nitrogen and oxygen atoms in total. The van der Waals surface area contributed by atoms with Gasteiger partial charge in [-0.1, -0.05) is 17.7 Å². The van der Waals surface area contributed by atoms with E-state index in [2.05, 4.69) is 5.48 Å². The van der Waals surface area contributed by atoms with Crippen LogP contribution in [0.3, 0.4) is 0 Å². The molecule has 0 unspecified atom stereocenters. The number of hydrogen-bond acceptors (Lipinski definition) is 4. The molecule has 6 heteroatoms. The van der Waals surface area contributed by atoms with E-state index in [-0.39, 0.29) is 12.0 Å². The molecule has 98 valence electrons. The summed E-state index contributed by atoms with van der Waals surface area (Å²) in [7, 11) is -3.36. The Bertz CT molecular complexity index is 529. The molecule has 1 aromatic rings. The van der Waals surface area contributed by atoms with Crippen molar-refractivity contribution in [2.75, 3.05) is 19.7 Å². The van der Waals surface area contributed by atoms with E-state index in [1.54, 1.807) is 16.4 Å². The molecule has 2 heterocycles. The summed E-state index contributed by atoms with van der Waals surface area (Å²) >= 11 is 0. The van der Waals surface area contributed by atoms with Gasteiger partial charge in [-0.15, -0.1) is 0 Å². The molecule has 0 spiro atoms. The third-order valence-electron chi connectivity index (χ3n) is 3.60. The van der Waals surface area contributed by atoms with E-state index in [0.717, 1.165) is 5.56 Å². The maximum Gasteiger partial charge on any atom is 0.243 e. The summed E-state index contributed by atoms with van der Waals surface area (Å²) in [5.74, 6) is 0.269. The van der Waals surface area contributed by atoms with E-state index in [1.807, 2.05) is 19.1 Å². The third-order valence-corrected chi connectivity index (χ3v) is 5.44. The van der Waals surface area contributed by atoms with Gasteiger partial charge in [-0.3, -0.25) is 0 Å². The molecule has 2 aliphatic rings. The molecule has 0 radical (unpaired) electrons. The molecule has 0 amide bonds. The number of hydroxylamine groups is 1.